The van der Waals surface area contributed by atoms with Gasteiger partial charge in [-0.3, -0.25) is 4.79 Å². The average Bonchev–Trinajstić information content (AvgIpc) is 2.33. The Kier molecular flexibility index (Phi) is 6.17. The molecule has 0 heterocycles. The first kappa shape index (κ1) is 16.3. The summed E-state index contributed by atoms with van der Waals surface area (Å²) in [7, 11) is 0. The maximum absolute atomic E-state index is 11.9. The average molecular weight is 287 g/mol. The normalized spacial score (nSPS) is 18.9. The first-order chi connectivity index (χ1) is 8.79. The molecule has 1 rings (SSSR count). The molecule has 0 aromatic carbocycles. The van der Waals surface area contributed by atoms with Crippen LogP contribution in [0.5, 0.6) is 0 Å². The van der Waals surface area contributed by atoms with Crippen LogP contribution in [0.2, 0.25) is 0 Å². The topological polar surface area (TPSA) is 66.4 Å². The highest BCUT2D eigenvalue weighted by Crippen LogP contribution is 2.27. The number of thioether (sulfide) groups is 1. The van der Waals surface area contributed by atoms with Gasteiger partial charge in [0.15, 0.2) is 0 Å². The van der Waals surface area contributed by atoms with E-state index in [-0.39, 0.29) is 16.6 Å². The minimum atomic E-state index is -0.902. The molecule has 0 radical (unpaired) electrons. The maximum atomic E-state index is 11.9. The standard InChI is InChI=1S/C14H25NO3S/c1-14(2,3)19-9-11(16)15-12(13(17)18)10-7-5-4-6-8-10/h10,12H,4-9H2,1-3H3,(H,15,16)(H,17,18). The molecular formula is C14H25NO3S. The van der Waals surface area contributed by atoms with Crippen molar-refractivity contribution < 1.29 is 14.7 Å². The zero-order valence-corrected chi connectivity index (χ0v) is 12.9. The van der Waals surface area contributed by atoms with Crippen molar-refractivity contribution in [3.8, 4) is 0 Å². The second-order valence-electron chi connectivity index (χ2n) is 6.18. The minimum absolute atomic E-state index is 0.0148. The Morgan fingerprint density at radius 1 is 1.26 bits per heavy atom. The lowest BCUT2D eigenvalue weighted by Crippen LogP contribution is -2.47. The van der Waals surface area contributed by atoms with E-state index < -0.39 is 12.0 Å². The second kappa shape index (κ2) is 7.17. The molecule has 1 aliphatic rings. The molecule has 1 fully saturated rings. The predicted octanol–water partition coefficient (Wildman–Crippen LogP) is 2.67. The van der Waals surface area contributed by atoms with Gasteiger partial charge in [-0.15, -0.1) is 11.8 Å². The Bertz CT molecular complexity index is 319. The molecule has 1 aliphatic carbocycles. The first-order valence-electron chi connectivity index (χ1n) is 6.96. The lowest BCUT2D eigenvalue weighted by Gasteiger charge is -2.28. The summed E-state index contributed by atoms with van der Waals surface area (Å²) in [5.41, 5.74) is 0. The number of carbonyl (C=O) groups is 2. The Hall–Kier alpha value is -0.710. The Morgan fingerprint density at radius 3 is 2.32 bits per heavy atom. The zero-order valence-electron chi connectivity index (χ0n) is 12.1. The molecule has 0 saturated heterocycles. The predicted molar refractivity (Wildman–Crippen MR) is 78.4 cm³/mol. The van der Waals surface area contributed by atoms with E-state index in [9.17, 15) is 14.7 Å². The number of carbonyl (C=O) groups excluding carboxylic acids is 1. The molecular weight excluding hydrogens is 262 g/mol. The van der Waals surface area contributed by atoms with E-state index >= 15 is 0 Å². The minimum Gasteiger partial charge on any atom is -0.480 e. The molecule has 1 unspecified atom stereocenters. The number of carboxylic acid groups (broad SMARTS) is 1. The fraction of sp³-hybridized carbons (Fsp3) is 0.857. The summed E-state index contributed by atoms with van der Waals surface area (Å²) >= 11 is 1.54. The molecule has 0 bridgehead atoms. The van der Waals surface area contributed by atoms with Crippen LogP contribution in [0.15, 0.2) is 0 Å². The largest absolute Gasteiger partial charge is 0.480 e. The second-order valence-corrected chi connectivity index (χ2v) is 7.98. The van der Waals surface area contributed by atoms with Crippen molar-refractivity contribution in [1.82, 2.24) is 5.32 Å². The quantitative estimate of drug-likeness (QED) is 0.816. The highest BCUT2D eigenvalue weighted by molar-refractivity contribution is 8.01. The molecule has 19 heavy (non-hydrogen) atoms. The molecule has 0 spiro atoms. The lowest BCUT2D eigenvalue weighted by atomic mass is 9.84. The van der Waals surface area contributed by atoms with Gasteiger partial charge in [0.2, 0.25) is 5.91 Å². The van der Waals surface area contributed by atoms with Crippen LogP contribution in [0.25, 0.3) is 0 Å². The van der Waals surface area contributed by atoms with Crippen LogP contribution in [0.3, 0.4) is 0 Å². The number of aliphatic carboxylic acids is 1. The summed E-state index contributed by atoms with van der Waals surface area (Å²) in [6.07, 6.45) is 5.13. The zero-order chi connectivity index (χ0) is 14.5. The number of carboxylic acids is 1. The third-order valence-corrected chi connectivity index (χ3v) is 4.61. The van der Waals surface area contributed by atoms with Gasteiger partial charge in [0.25, 0.3) is 0 Å². The molecule has 2 N–H and O–H groups in total. The van der Waals surface area contributed by atoms with Gasteiger partial charge in [0.1, 0.15) is 6.04 Å². The fourth-order valence-electron chi connectivity index (χ4n) is 2.35. The summed E-state index contributed by atoms with van der Waals surface area (Å²) in [5.74, 6) is -0.659. The van der Waals surface area contributed by atoms with Gasteiger partial charge in [-0.25, -0.2) is 4.79 Å². The van der Waals surface area contributed by atoms with E-state index in [2.05, 4.69) is 5.32 Å². The van der Waals surface area contributed by atoms with E-state index in [1.54, 1.807) is 0 Å². The van der Waals surface area contributed by atoms with Gasteiger partial charge in [-0.1, -0.05) is 40.0 Å². The van der Waals surface area contributed by atoms with Gasteiger partial charge in [-0.2, -0.15) is 0 Å². The summed E-state index contributed by atoms with van der Waals surface area (Å²) in [6.45, 7) is 6.13. The summed E-state index contributed by atoms with van der Waals surface area (Å²) in [4.78, 5) is 23.2. The van der Waals surface area contributed by atoms with E-state index in [1.807, 2.05) is 20.8 Å². The third kappa shape index (κ3) is 6.32. The molecule has 0 aromatic heterocycles. The summed E-state index contributed by atoms with van der Waals surface area (Å²) in [6, 6.07) is -0.714. The number of nitrogens with one attached hydrogen (secondary N) is 1. The van der Waals surface area contributed by atoms with Crippen LogP contribution in [0.1, 0.15) is 52.9 Å². The van der Waals surface area contributed by atoms with Crippen molar-refractivity contribution >= 4 is 23.6 Å². The van der Waals surface area contributed by atoms with Crippen molar-refractivity contribution in [1.29, 1.82) is 0 Å². The van der Waals surface area contributed by atoms with Crippen LogP contribution in [0.4, 0.5) is 0 Å². The van der Waals surface area contributed by atoms with Gasteiger partial charge in [0.05, 0.1) is 5.75 Å². The van der Waals surface area contributed by atoms with Crippen LogP contribution < -0.4 is 5.32 Å². The maximum Gasteiger partial charge on any atom is 0.326 e. The summed E-state index contributed by atoms with van der Waals surface area (Å²) < 4.78 is 0.0148. The van der Waals surface area contributed by atoms with E-state index in [0.717, 1.165) is 25.7 Å². The fourth-order valence-corrected chi connectivity index (χ4v) is 2.99. The van der Waals surface area contributed by atoms with Crippen molar-refractivity contribution in [2.75, 3.05) is 5.75 Å². The number of rotatable bonds is 5. The van der Waals surface area contributed by atoms with Gasteiger partial charge in [-0.05, 0) is 18.8 Å². The van der Waals surface area contributed by atoms with E-state index in [4.69, 9.17) is 0 Å². The van der Waals surface area contributed by atoms with Crippen molar-refractivity contribution in [2.45, 2.75) is 63.7 Å². The number of amides is 1. The van der Waals surface area contributed by atoms with Crippen LogP contribution in [-0.2, 0) is 9.59 Å². The highest BCUT2D eigenvalue weighted by atomic mass is 32.2. The Morgan fingerprint density at radius 2 is 1.84 bits per heavy atom. The van der Waals surface area contributed by atoms with Crippen LogP contribution in [-0.4, -0.2) is 33.5 Å². The van der Waals surface area contributed by atoms with Gasteiger partial charge >= 0.3 is 5.97 Å². The molecule has 1 amide bonds. The molecule has 5 heteroatoms. The lowest BCUT2D eigenvalue weighted by molar-refractivity contribution is -0.143. The Labute approximate surface area is 119 Å². The van der Waals surface area contributed by atoms with Crippen molar-refractivity contribution in [2.24, 2.45) is 5.92 Å². The van der Waals surface area contributed by atoms with Crippen LogP contribution in [0, 0.1) is 5.92 Å². The van der Waals surface area contributed by atoms with Gasteiger partial charge in [0, 0.05) is 4.75 Å². The smallest absolute Gasteiger partial charge is 0.326 e. The molecule has 1 atom stereocenters. The molecule has 0 aliphatic heterocycles. The Balaban J connectivity index is 2.48. The number of hydrogen-bond acceptors (Lipinski definition) is 3. The molecule has 0 aromatic rings. The molecule has 4 nitrogen and oxygen atoms in total. The molecule has 110 valence electrons. The highest BCUT2D eigenvalue weighted by Gasteiger charge is 2.30. The monoisotopic (exact) mass is 287 g/mol. The van der Waals surface area contributed by atoms with Crippen molar-refractivity contribution in [3.63, 3.8) is 0 Å². The van der Waals surface area contributed by atoms with E-state index in [1.165, 1.54) is 18.2 Å². The first-order valence-corrected chi connectivity index (χ1v) is 7.94. The number of hydrogen-bond donors (Lipinski definition) is 2. The van der Waals surface area contributed by atoms with E-state index in [0.29, 0.717) is 5.75 Å². The summed E-state index contributed by atoms with van der Waals surface area (Å²) in [5, 5.41) is 12.0. The van der Waals surface area contributed by atoms with Crippen LogP contribution >= 0.6 is 11.8 Å². The third-order valence-electron chi connectivity index (χ3n) is 3.34. The van der Waals surface area contributed by atoms with Gasteiger partial charge < -0.3 is 10.4 Å². The molecule has 1 saturated carbocycles. The SMILES string of the molecule is CC(C)(C)SCC(=O)NC(C(=O)O)C1CCCCC1. The van der Waals surface area contributed by atoms with Crippen molar-refractivity contribution in [3.05, 3.63) is 0 Å².